The first-order chi connectivity index (χ1) is 14.2. The zero-order valence-corrected chi connectivity index (χ0v) is 18.0. The molecule has 0 radical (unpaired) electrons. The van der Waals surface area contributed by atoms with Crippen LogP contribution in [0.2, 0.25) is 0 Å². The zero-order chi connectivity index (χ0) is 23.7. The van der Waals surface area contributed by atoms with Crippen LogP contribution in [0, 0.1) is 18.2 Å². The van der Waals surface area contributed by atoms with Crippen LogP contribution in [0.4, 0.5) is 10.2 Å². The number of hydrogen-bond acceptors (Lipinski definition) is 7. The third-order valence-corrected chi connectivity index (χ3v) is 4.62. The maximum Gasteiger partial charge on any atom is 0.341 e. The van der Waals surface area contributed by atoms with Crippen molar-refractivity contribution in [3.63, 3.8) is 0 Å². The summed E-state index contributed by atoms with van der Waals surface area (Å²) in [6.07, 6.45) is 8.16. The van der Waals surface area contributed by atoms with Gasteiger partial charge >= 0.3 is 5.97 Å². The van der Waals surface area contributed by atoms with Crippen LogP contribution in [0.15, 0.2) is 17.1 Å². The highest BCUT2D eigenvalue weighted by molar-refractivity contribution is 7.85. The third-order valence-electron chi connectivity index (χ3n) is 4.62. The van der Waals surface area contributed by atoms with Gasteiger partial charge in [0.1, 0.15) is 16.7 Å². The fourth-order valence-electron chi connectivity index (χ4n) is 3.06. The Bertz CT molecular complexity index is 1220. The minimum absolute atomic E-state index is 0.0781. The molecule has 1 aliphatic heterocycles. The molecule has 10 nitrogen and oxygen atoms in total. The van der Waals surface area contributed by atoms with Gasteiger partial charge in [-0.05, 0) is 26.3 Å². The number of terminal acetylenes is 1. The molecule has 1 atom stereocenters. The van der Waals surface area contributed by atoms with Gasteiger partial charge in [-0.15, -0.1) is 6.42 Å². The Morgan fingerprint density at radius 3 is 2.48 bits per heavy atom. The number of nitrogens with two attached hydrogens (primary N) is 1. The molecule has 31 heavy (non-hydrogen) atoms. The molecule has 2 aromatic heterocycles. The number of nitrogens with zero attached hydrogens (tertiary/aromatic N) is 3. The molecular formula is C19H23FN4O6S. The molecule has 0 spiro atoms. The van der Waals surface area contributed by atoms with Crippen molar-refractivity contribution in [1.29, 1.82) is 0 Å². The predicted molar refractivity (Wildman–Crippen MR) is 113 cm³/mol. The molecule has 3 heterocycles. The first kappa shape index (κ1) is 24.3. The van der Waals surface area contributed by atoms with Gasteiger partial charge < -0.3 is 20.3 Å². The van der Waals surface area contributed by atoms with E-state index in [1.807, 2.05) is 0 Å². The summed E-state index contributed by atoms with van der Waals surface area (Å²) in [4.78, 5) is 30.0. The molecule has 12 heteroatoms. The highest BCUT2D eigenvalue weighted by atomic mass is 32.2. The summed E-state index contributed by atoms with van der Waals surface area (Å²) in [5.74, 6) is 0.518. The van der Waals surface area contributed by atoms with Gasteiger partial charge in [-0.25, -0.2) is 14.2 Å². The van der Waals surface area contributed by atoms with Crippen molar-refractivity contribution in [1.82, 2.24) is 9.55 Å². The number of anilines is 1. The Morgan fingerprint density at radius 1 is 1.45 bits per heavy atom. The lowest BCUT2D eigenvalue weighted by atomic mass is 10.0. The molecule has 0 amide bonds. The van der Waals surface area contributed by atoms with Crippen molar-refractivity contribution in [3.8, 4) is 12.3 Å². The van der Waals surface area contributed by atoms with E-state index in [0.29, 0.717) is 25.8 Å². The van der Waals surface area contributed by atoms with E-state index >= 15 is 0 Å². The predicted octanol–water partition coefficient (Wildman–Crippen LogP) is 0.644. The SMILES string of the molecule is C#CC(C)(C)n1cc(C(=O)O)c(=O)c2cc(F)c(N3CCC(N)C3)nc21.CS(=O)(=O)O. The molecular weight excluding hydrogens is 431 g/mol. The van der Waals surface area contributed by atoms with E-state index in [9.17, 15) is 27.5 Å². The Hall–Kier alpha value is -3.01. The second-order valence-electron chi connectivity index (χ2n) is 7.64. The third kappa shape index (κ3) is 5.57. The van der Waals surface area contributed by atoms with Gasteiger partial charge in [-0.3, -0.25) is 9.35 Å². The Balaban J connectivity index is 0.000000614. The number of aromatic nitrogens is 2. The molecule has 3 rings (SSSR count). The van der Waals surface area contributed by atoms with Crippen molar-refractivity contribution in [2.75, 3.05) is 24.2 Å². The normalized spacial score (nSPS) is 16.5. The molecule has 1 fully saturated rings. The summed E-state index contributed by atoms with van der Waals surface area (Å²) in [6, 6.07) is 0.949. The fourth-order valence-corrected chi connectivity index (χ4v) is 3.06. The molecule has 1 saturated heterocycles. The maximum atomic E-state index is 14.6. The van der Waals surface area contributed by atoms with Gasteiger partial charge in [0, 0.05) is 25.3 Å². The van der Waals surface area contributed by atoms with E-state index in [2.05, 4.69) is 10.9 Å². The first-order valence-electron chi connectivity index (χ1n) is 9.06. The van der Waals surface area contributed by atoms with Gasteiger partial charge in [-0.2, -0.15) is 8.42 Å². The van der Waals surface area contributed by atoms with Crippen LogP contribution in [-0.4, -0.2) is 59.0 Å². The van der Waals surface area contributed by atoms with Gasteiger partial charge in [0.2, 0.25) is 5.43 Å². The summed E-state index contributed by atoms with van der Waals surface area (Å²) in [7, 11) is -3.67. The highest BCUT2D eigenvalue weighted by Crippen LogP contribution is 2.27. The second-order valence-corrected chi connectivity index (χ2v) is 9.11. The van der Waals surface area contributed by atoms with Crippen LogP contribution < -0.4 is 16.1 Å². The van der Waals surface area contributed by atoms with E-state index in [4.69, 9.17) is 16.7 Å². The molecule has 2 aromatic rings. The first-order valence-corrected chi connectivity index (χ1v) is 10.9. The van der Waals surface area contributed by atoms with Crippen LogP contribution in [0.1, 0.15) is 30.6 Å². The average molecular weight is 454 g/mol. The molecule has 0 aliphatic carbocycles. The summed E-state index contributed by atoms with van der Waals surface area (Å²) < 4.78 is 41.9. The molecule has 4 N–H and O–H groups in total. The van der Waals surface area contributed by atoms with E-state index in [1.54, 1.807) is 18.7 Å². The molecule has 0 aromatic carbocycles. The van der Waals surface area contributed by atoms with Gasteiger partial charge in [0.05, 0.1) is 11.6 Å². The minimum atomic E-state index is -3.67. The van der Waals surface area contributed by atoms with Crippen molar-refractivity contribution in [2.24, 2.45) is 5.73 Å². The van der Waals surface area contributed by atoms with Crippen molar-refractivity contribution >= 4 is 32.9 Å². The topological polar surface area (TPSA) is 156 Å². The quantitative estimate of drug-likeness (QED) is 0.447. The number of pyridine rings is 2. The van der Waals surface area contributed by atoms with Crippen LogP contribution in [-0.2, 0) is 15.7 Å². The summed E-state index contributed by atoms with van der Waals surface area (Å²) in [5.41, 5.74) is 3.76. The molecule has 1 aliphatic rings. The number of rotatable bonds is 3. The van der Waals surface area contributed by atoms with Crippen molar-refractivity contribution in [3.05, 3.63) is 33.9 Å². The Kier molecular flexibility index (Phi) is 6.75. The lowest BCUT2D eigenvalue weighted by Crippen LogP contribution is -2.31. The number of aromatic carboxylic acids is 1. The molecule has 168 valence electrons. The number of carboxylic acid groups (broad SMARTS) is 1. The number of halogens is 1. The molecule has 0 bridgehead atoms. The monoisotopic (exact) mass is 454 g/mol. The number of carboxylic acids is 1. The zero-order valence-electron chi connectivity index (χ0n) is 17.2. The standard InChI is InChI=1S/C18H19FN4O3.CH4O3S/c1-4-18(2,3)23-9-12(17(25)26)14(24)11-7-13(19)16(21-15(11)23)22-6-5-10(20)8-22;1-5(2,3)4/h1,7,9-10H,5-6,8,20H2,2-3H3,(H,25,26);1H3,(H,2,3,4). The summed E-state index contributed by atoms with van der Waals surface area (Å²) >= 11 is 0. The molecule has 0 saturated carbocycles. The van der Waals surface area contributed by atoms with Crippen LogP contribution in [0.5, 0.6) is 0 Å². The maximum absolute atomic E-state index is 14.6. The Morgan fingerprint density at radius 2 is 2.03 bits per heavy atom. The lowest BCUT2D eigenvalue weighted by molar-refractivity contribution is 0.0694. The van der Waals surface area contributed by atoms with Crippen LogP contribution >= 0.6 is 0 Å². The molecule has 1 unspecified atom stereocenters. The van der Waals surface area contributed by atoms with Gasteiger partial charge in [0.15, 0.2) is 11.6 Å². The van der Waals surface area contributed by atoms with E-state index < -0.39 is 38.4 Å². The van der Waals surface area contributed by atoms with E-state index in [-0.39, 0.29) is 22.9 Å². The Labute approximate surface area is 178 Å². The van der Waals surface area contributed by atoms with Crippen molar-refractivity contribution in [2.45, 2.75) is 31.8 Å². The summed E-state index contributed by atoms with van der Waals surface area (Å²) in [6.45, 7) is 4.36. The number of carbonyl (C=O) groups is 1. The number of fused-ring (bicyclic) bond motifs is 1. The lowest BCUT2D eigenvalue weighted by Gasteiger charge is -2.26. The largest absolute Gasteiger partial charge is 0.477 e. The van der Waals surface area contributed by atoms with Gasteiger partial charge in [-0.1, -0.05) is 5.92 Å². The number of hydrogen-bond donors (Lipinski definition) is 3. The van der Waals surface area contributed by atoms with E-state index in [0.717, 1.165) is 12.3 Å². The minimum Gasteiger partial charge on any atom is -0.477 e. The van der Waals surface area contributed by atoms with Crippen molar-refractivity contribution < 1.29 is 27.3 Å². The second kappa shape index (κ2) is 8.62. The fraction of sp³-hybridized carbons (Fsp3) is 0.421. The van der Waals surface area contributed by atoms with E-state index in [1.165, 1.54) is 4.57 Å². The van der Waals surface area contributed by atoms with Gasteiger partial charge in [0.25, 0.3) is 10.1 Å². The summed E-state index contributed by atoms with van der Waals surface area (Å²) in [5, 5.41) is 9.19. The van der Waals surface area contributed by atoms with Crippen LogP contribution in [0.25, 0.3) is 11.0 Å². The smallest absolute Gasteiger partial charge is 0.341 e. The van der Waals surface area contributed by atoms with Crippen LogP contribution in [0.3, 0.4) is 0 Å². The highest BCUT2D eigenvalue weighted by Gasteiger charge is 2.28. The average Bonchev–Trinajstić information content (AvgIpc) is 3.06.